The van der Waals surface area contributed by atoms with Crippen LogP contribution in [0, 0.1) is 5.82 Å². The number of amides is 4. The lowest BCUT2D eigenvalue weighted by atomic mass is 9.87. The van der Waals surface area contributed by atoms with Gasteiger partial charge in [-0.15, -0.1) is 0 Å². The highest BCUT2D eigenvalue weighted by Crippen LogP contribution is 2.33. The number of benzene rings is 2. The van der Waals surface area contributed by atoms with E-state index in [1.807, 2.05) is 0 Å². The summed E-state index contributed by atoms with van der Waals surface area (Å²) >= 11 is 5.95. The second-order valence-corrected chi connectivity index (χ2v) is 6.92. The third kappa shape index (κ3) is 3.88. The van der Waals surface area contributed by atoms with Gasteiger partial charge in [-0.2, -0.15) is 0 Å². The van der Waals surface area contributed by atoms with E-state index < -0.39 is 35.7 Å². The van der Waals surface area contributed by atoms with Crippen LogP contribution < -0.4 is 15.4 Å². The number of halogens is 2. The zero-order valence-corrected chi connectivity index (χ0v) is 16.5. The van der Waals surface area contributed by atoms with Crippen molar-refractivity contribution in [2.75, 3.05) is 19.0 Å². The highest BCUT2D eigenvalue weighted by molar-refractivity contribution is 6.31. The highest BCUT2D eigenvalue weighted by Gasteiger charge is 2.51. The van der Waals surface area contributed by atoms with E-state index in [0.29, 0.717) is 22.0 Å². The Morgan fingerprint density at radius 1 is 1.24 bits per heavy atom. The summed E-state index contributed by atoms with van der Waals surface area (Å²) in [6, 6.07) is 9.30. The SMILES string of the molecule is CCC1(c2ccc(F)cc2)NC(=O)N(CC(=O)Nc2cc(Cl)ccc2OC)C1=O. The number of carbonyl (C=O) groups excluding carboxylic acids is 3. The molecule has 9 heteroatoms. The molecule has 2 N–H and O–H groups in total. The van der Waals surface area contributed by atoms with Crippen LogP contribution in [0.1, 0.15) is 18.9 Å². The predicted molar refractivity (Wildman–Crippen MR) is 105 cm³/mol. The Morgan fingerprint density at radius 2 is 1.93 bits per heavy atom. The molecule has 1 heterocycles. The molecule has 0 radical (unpaired) electrons. The van der Waals surface area contributed by atoms with Crippen molar-refractivity contribution in [3.8, 4) is 5.75 Å². The van der Waals surface area contributed by atoms with Gasteiger partial charge in [0.25, 0.3) is 5.91 Å². The summed E-state index contributed by atoms with van der Waals surface area (Å²) < 4.78 is 18.4. The first-order chi connectivity index (χ1) is 13.8. The Bertz CT molecular complexity index is 967. The topological polar surface area (TPSA) is 87.7 Å². The van der Waals surface area contributed by atoms with E-state index in [-0.39, 0.29) is 6.42 Å². The number of rotatable bonds is 6. The zero-order valence-electron chi connectivity index (χ0n) is 15.8. The minimum atomic E-state index is -1.35. The van der Waals surface area contributed by atoms with Gasteiger partial charge in [-0.3, -0.25) is 14.5 Å². The summed E-state index contributed by atoms with van der Waals surface area (Å²) in [6.07, 6.45) is 0.240. The number of ether oxygens (including phenoxy) is 1. The Balaban J connectivity index is 1.80. The van der Waals surface area contributed by atoms with Gasteiger partial charge in [-0.05, 0) is 42.3 Å². The van der Waals surface area contributed by atoms with Crippen molar-refractivity contribution in [2.45, 2.75) is 18.9 Å². The molecular weight excluding hydrogens is 401 g/mol. The summed E-state index contributed by atoms with van der Waals surface area (Å²) in [5, 5.41) is 5.62. The van der Waals surface area contributed by atoms with Gasteiger partial charge < -0.3 is 15.4 Å². The first-order valence-electron chi connectivity index (χ1n) is 8.84. The van der Waals surface area contributed by atoms with Gasteiger partial charge in [-0.25, -0.2) is 9.18 Å². The van der Waals surface area contributed by atoms with Crippen LogP contribution >= 0.6 is 11.6 Å². The van der Waals surface area contributed by atoms with Crippen molar-refractivity contribution in [3.63, 3.8) is 0 Å². The molecule has 3 rings (SSSR count). The smallest absolute Gasteiger partial charge is 0.325 e. The molecular formula is C20H19ClFN3O4. The molecule has 152 valence electrons. The maximum absolute atomic E-state index is 13.3. The van der Waals surface area contributed by atoms with Crippen LogP contribution in [-0.4, -0.2) is 36.4 Å². The van der Waals surface area contributed by atoms with Crippen molar-refractivity contribution in [1.82, 2.24) is 10.2 Å². The summed E-state index contributed by atoms with van der Waals surface area (Å²) in [5.41, 5.74) is -0.588. The maximum atomic E-state index is 13.3. The number of hydrogen-bond acceptors (Lipinski definition) is 4. The fourth-order valence-electron chi connectivity index (χ4n) is 3.25. The van der Waals surface area contributed by atoms with Crippen molar-refractivity contribution in [3.05, 3.63) is 58.9 Å². The summed E-state index contributed by atoms with van der Waals surface area (Å²) in [4.78, 5) is 38.8. The van der Waals surface area contributed by atoms with Crippen LogP contribution in [-0.2, 0) is 15.1 Å². The van der Waals surface area contributed by atoms with E-state index in [2.05, 4.69) is 10.6 Å². The highest BCUT2D eigenvalue weighted by atomic mass is 35.5. The second kappa shape index (κ2) is 8.08. The lowest BCUT2D eigenvalue weighted by Crippen LogP contribution is -2.44. The van der Waals surface area contributed by atoms with Crippen LogP contribution in [0.2, 0.25) is 5.02 Å². The zero-order chi connectivity index (χ0) is 21.2. The molecule has 29 heavy (non-hydrogen) atoms. The molecule has 2 aromatic carbocycles. The largest absolute Gasteiger partial charge is 0.495 e. The van der Waals surface area contributed by atoms with Crippen molar-refractivity contribution >= 4 is 35.1 Å². The molecule has 2 aromatic rings. The Labute approximate surface area is 171 Å². The second-order valence-electron chi connectivity index (χ2n) is 6.48. The van der Waals surface area contributed by atoms with Gasteiger partial charge in [0.1, 0.15) is 23.7 Å². The van der Waals surface area contributed by atoms with E-state index >= 15 is 0 Å². The third-order valence-corrected chi connectivity index (χ3v) is 5.02. The van der Waals surface area contributed by atoms with Gasteiger partial charge in [0.05, 0.1) is 12.8 Å². The number of nitrogens with zero attached hydrogens (tertiary/aromatic N) is 1. The first-order valence-corrected chi connectivity index (χ1v) is 9.22. The lowest BCUT2D eigenvalue weighted by molar-refractivity contribution is -0.134. The molecule has 1 unspecified atom stereocenters. The normalized spacial score (nSPS) is 18.6. The summed E-state index contributed by atoms with van der Waals surface area (Å²) in [7, 11) is 1.44. The summed E-state index contributed by atoms with van der Waals surface area (Å²) in [5.74, 6) is -1.25. The van der Waals surface area contributed by atoms with Crippen LogP contribution in [0.3, 0.4) is 0 Å². The molecule has 1 aliphatic rings. The van der Waals surface area contributed by atoms with Crippen LogP contribution in [0.5, 0.6) is 5.75 Å². The summed E-state index contributed by atoms with van der Waals surface area (Å²) in [6.45, 7) is 1.23. The van der Waals surface area contributed by atoms with E-state index in [1.165, 1.54) is 37.4 Å². The van der Waals surface area contributed by atoms with Gasteiger partial charge >= 0.3 is 6.03 Å². The van der Waals surface area contributed by atoms with E-state index in [4.69, 9.17) is 16.3 Å². The molecule has 0 spiro atoms. The molecule has 1 saturated heterocycles. The Hall–Kier alpha value is -3.13. The Kier molecular flexibility index (Phi) is 5.74. The average Bonchev–Trinajstić information content (AvgIpc) is 2.94. The molecule has 0 aliphatic carbocycles. The van der Waals surface area contributed by atoms with Crippen molar-refractivity contribution in [1.29, 1.82) is 0 Å². The van der Waals surface area contributed by atoms with Gasteiger partial charge in [0, 0.05) is 5.02 Å². The minimum absolute atomic E-state index is 0.240. The fourth-order valence-corrected chi connectivity index (χ4v) is 3.43. The van der Waals surface area contributed by atoms with Crippen LogP contribution in [0.25, 0.3) is 0 Å². The first kappa shape index (κ1) is 20.6. The number of methoxy groups -OCH3 is 1. The molecule has 7 nitrogen and oxygen atoms in total. The fraction of sp³-hybridized carbons (Fsp3) is 0.250. The Morgan fingerprint density at radius 3 is 2.55 bits per heavy atom. The molecule has 0 saturated carbocycles. The molecule has 0 aromatic heterocycles. The number of carbonyl (C=O) groups is 3. The number of nitrogens with one attached hydrogen (secondary N) is 2. The molecule has 0 bridgehead atoms. The molecule has 1 aliphatic heterocycles. The molecule has 4 amide bonds. The average molecular weight is 420 g/mol. The van der Waals surface area contributed by atoms with Gasteiger partial charge in [-0.1, -0.05) is 30.7 Å². The number of urea groups is 1. The van der Waals surface area contributed by atoms with Crippen LogP contribution in [0.4, 0.5) is 14.9 Å². The molecule has 1 atom stereocenters. The lowest BCUT2D eigenvalue weighted by Gasteiger charge is -2.25. The molecule has 1 fully saturated rings. The number of hydrogen-bond donors (Lipinski definition) is 2. The van der Waals surface area contributed by atoms with Crippen LogP contribution in [0.15, 0.2) is 42.5 Å². The third-order valence-electron chi connectivity index (χ3n) is 4.78. The van der Waals surface area contributed by atoms with Crippen molar-refractivity contribution < 1.29 is 23.5 Å². The number of imide groups is 1. The maximum Gasteiger partial charge on any atom is 0.325 e. The predicted octanol–water partition coefficient (Wildman–Crippen LogP) is 3.28. The minimum Gasteiger partial charge on any atom is -0.495 e. The monoisotopic (exact) mass is 419 g/mol. The quantitative estimate of drug-likeness (QED) is 0.703. The van der Waals surface area contributed by atoms with E-state index in [1.54, 1.807) is 19.1 Å². The number of anilines is 1. The van der Waals surface area contributed by atoms with E-state index in [9.17, 15) is 18.8 Å². The van der Waals surface area contributed by atoms with E-state index in [0.717, 1.165) is 4.90 Å². The van der Waals surface area contributed by atoms with Crippen molar-refractivity contribution in [2.24, 2.45) is 0 Å². The van der Waals surface area contributed by atoms with Gasteiger partial charge in [0.15, 0.2) is 0 Å². The van der Waals surface area contributed by atoms with Gasteiger partial charge in [0.2, 0.25) is 5.91 Å². The standard InChI is InChI=1S/C20H19ClFN3O4/c1-3-20(12-4-7-14(22)8-5-12)18(27)25(19(28)24-20)11-17(26)23-15-10-13(21)6-9-16(15)29-2/h4-10H,3,11H2,1-2H3,(H,23,26)(H,24,28).